The Labute approximate surface area is 108 Å². The summed E-state index contributed by atoms with van der Waals surface area (Å²) in [5.74, 6) is 0.784. The zero-order valence-corrected chi connectivity index (χ0v) is 10.9. The highest BCUT2D eigenvalue weighted by Crippen LogP contribution is 2.21. The number of nitrogens with two attached hydrogens (primary N) is 1. The standard InChI is InChI=1S/C14H22N2O2/c1-18-13-4-2-3-11(9-13)14(17)10-16-7-5-12(15)6-8-16/h2-4,9,12,14,17H,5-8,10,15H2,1H3. The lowest BCUT2D eigenvalue weighted by Gasteiger charge is -2.31. The predicted molar refractivity (Wildman–Crippen MR) is 71.6 cm³/mol. The van der Waals surface area contributed by atoms with Crippen LogP contribution in [0, 0.1) is 0 Å². The molecule has 0 radical (unpaired) electrons. The fourth-order valence-corrected chi connectivity index (χ4v) is 2.33. The van der Waals surface area contributed by atoms with Crippen molar-refractivity contribution >= 4 is 0 Å². The topological polar surface area (TPSA) is 58.7 Å². The SMILES string of the molecule is COc1cccc(C(O)CN2CCC(N)CC2)c1. The average Bonchev–Trinajstić information content (AvgIpc) is 2.41. The van der Waals surface area contributed by atoms with Gasteiger partial charge < -0.3 is 20.5 Å². The number of β-amino-alcohol motifs (C(OH)–C–C–N with tert-alkyl or cyclic N) is 1. The zero-order valence-electron chi connectivity index (χ0n) is 10.9. The van der Waals surface area contributed by atoms with Crippen LogP contribution in [-0.2, 0) is 0 Å². The van der Waals surface area contributed by atoms with Crippen LogP contribution in [0.25, 0.3) is 0 Å². The third-order valence-corrected chi connectivity index (χ3v) is 3.54. The molecule has 1 aromatic carbocycles. The van der Waals surface area contributed by atoms with E-state index in [1.807, 2.05) is 24.3 Å². The van der Waals surface area contributed by atoms with E-state index in [2.05, 4.69) is 4.90 Å². The van der Waals surface area contributed by atoms with Crippen LogP contribution in [0.1, 0.15) is 24.5 Å². The highest BCUT2D eigenvalue weighted by atomic mass is 16.5. The van der Waals surface area contributed by atoms with Gasteiger partial charge in [-0.05, 0) is 43.6 Å². The van der Waals surface area contributed by atoms with Crippen LogP contribution < -0.4 is 10.5 Å². The molecule has 4 heteroatoms. The highest BCUT2D eigenvalue weighted by molar-refractivity contribution is 5.29. The summed E-state index contributed by atoms with van der Waals surface area (Å²) >= 11 is 0. The molecule has 0 amide bonds. The van der Waals surface area contributed by atoms with Crippen LogP contribution >= 0.6 is 0 Å². The van der Waals surface area contributed by atoms with E-state index in [0.717, 1.165) is 37.2 Å². The molecule has 1 atom stereocenters. The van der Waals surface area contributed by atoms with Crippen molar-refractivity contribution in [3.63, 3.8) is 0 Å². The maximum absolute atomic E-state index is 10.2. The van der Waals surface area contributed by atoms with Crippen LogP contribution in [0.15, 0.2) is 24.3 Å². The van der Waals surface area contributed by atoms with Crippen molar-refractivity contribution in [3.8, 4) is 5.75 Å². The van der Waals surface area contributed by atoms with Gasteiger partial charge in [0.1, 0.15) is 5.75 Å². The smallest absolute Gasteiger partial charge is 0.119 e. The lowest BCUT2D eigenvalue weighted by Crippen LogP contribution is -2.41. The van der Waals surface area contributed by atoms with Crippen molar-refractivity contribution in [2.24, 2.45) is 5.73 Å². The maximum atomic E-state index is 10.2. The van der Waals surface area contributed by atoms with Gasteiger partial charge in [-0.3, -0.25) is 0 Å². The monoisotopic (exact) mass is 250 g/mol. The minimum absolute atomic E-state index is 0.329. The average molecular weight is 250 g/mol. The molecule has 0 spiro atoms. The normalized spacial score (nSPS) is 19.7. The fourth-order valence-electron chi connectivity index (χ4n) is 2.33. The second kappa shape index (κ2) is 6.18. The van der Waals surface area contributed by atoms with Crippen molar-refractivity contribution in [1.29, 1.82) is 0 Å². The summed E-state index contributed by atoms with van der Waals surface area (Å²) in [6.45, 7) is 2.62. The van der Waals surface area contributed by atoms with Gasteiger partial charge in [0.05, 0.1) is 13.2 Å². The largest absolute Gasteiger partial charge is 0.497 e. The van der Waals surface area contributed by atoms with Gasteiger partial charge >= 0.3 is 0 Å². The molecule has 1 aliphatic rings. The number of ether oxygens (including phenoxy) is 1. The van der Waals surface area contributed by atoms with Gasteiger partial charge in [-0.15, -0.1) is 0 Å². The quantitative estimate of drug-likeness (QED) is 0.841. The third-order valence-electron chi connectivity index (χ3n) is 3.54. The number of hydrogen-bond donors (Lipinski definition) is 2. The number of aliphatic hydroxyl groups is 1. The molecule has 0 aliphatic carbocycles. The molecule has 0 bridgehead atoms. The Morgan fingerprint density at radius 1 is 1.44 bits per heavy atom. The Hall–Kier alpha value is -1.10. The minimum atomic E-state index is -0.463. The van der Waals surface area contributed by atoms with Gasteiger partial charge in [0.2, 0.25) is 0 Å². The Balaban J connectivity index is 1.92. The Kier molecular flexibility index (Phi) is 4.58. The van der Waals surface area contributed by atoms with Crippen LogP contribution in [0.3, 0.4) is 0 Å². The molecule has 1 unspecified atom stereocenters. The number of benzene rings is 1. The van der Waals surface area contributed by atoms with Gasteiger partial charge in [-0.25, -0.2) is 0 Å². The Morgan fingerprint density at radius 3 is 2.83 bits per heavy atom. The fraction of sp³-hybridized carbons (Fsp3) is 0.571. The molecule has 100 valence electrons. The van der Waals surface area contributed by atoms with Gasteiger partial charge in [0.25, 0.3) is 0 Å². The molecular weight excluding hydrogens is 228 g/mol. The third kappa shape index (κ3) is 3.45. The number of hydrogen-bond acceptors (Lipinski definition) is 4. The summed E-state index contributed by atoms with van der Waals surface area (Å²) in [5, 5.41) is 10.2. The number of piperidine rings is 1. The molecule has 3 N–H and O–H groups in total. The summed E-state index contributed by atoms with van der Waals surface area (Å²) in [7, 11) is 1.64. The van der Waals surface area contributed by atoms with E-state index in [4.69, 9.17) is 10.5 Å². The van der Waals surface area contributed by atoms with E-state index in [9.17, 15) is 5.11 Å². The number of likely N-dealkylation sites (tertiary alicyclic amines) is 1. The lowest BCUT2D eigenvalue weighted by molar-refractivity contribution is 0.0975. The first-order valence-electron chi connectivity index (χ1n) is 6.49. The van der Waals surface area contributed by atoms with Crippen LogP contribution in [0.5, 0.6) is 5.75 Å². The van der Waals surface area contributed by atoms with Crippen molar-refractivity contribution in [2.45, 2.75) is 25.0 Å². The Bertz CT molecular complexity index is 376. The Morgan fingerprint density at radius 2 is 2.17 bits per heavy atom. The maximum Gasteiger partial charge on any atom is 0.119 e. The van der Waals surface area contributed by atoms with Gasteiger partial charge in [0, 0.05) is 12.6 Å². The zero-order chi connectivity index (χ0) is 13.0. The molecule has 2 rings (SSSR count). The molecule has 1 heterocycles. The first-order valence-corrected chi connectivity index (χ1v) is 6.49. The first kappa shape index (κ1) is 13.3. The lowest BCUT2D eigenvalue weighted by atomic mass is 10.0. The van der Waals surface area contributed by atoms with Crippen molar-refractivity contribution in [3.05, 3.63) is 29.8 Å². The molecule has 0 aromatic heterocycles. The van der Waals surface area contributed by atoms with Gasteiger partial charge in [-0.1, -0.05) is 12.1 Å². The van der Waals surface area contributed by atoms with E-state index in [1.54, 1.807) is 7.11 Å². The first-order chi connectivity index (χ1) is 8.69. The predicted octanol–water partition coefficient (Wildman–Crippen LogP) is 1.15. The van der Waals surface area contributed by atoms with E-state index in [1.165, 1.54) is 0 Å². The molecule has 1 aliphatic heterocycles. The second-order valence-electron chi connectivity index (χ2n) is 4.93. The van der Waals surface area contributed by atoms with E-state index in [-0.39, 0.29) is 0 Å². The molecule has 18 heavy (non-hydrogen) atoms. The van der Waals surface area contributed by atoms with E-state index in [0.29, 0.717) is 12.6 Å². The second-order valence-corrected chi connectivity index (χ2v) is 4.93. The molecule has 1 saturated heterocycles. The van der Waals surface area contributed by atoms with Crippen LogP contribution in [0.4, 0.5) is 0 Å². The van der Waals surface area contributed by atoms with Crippen molar-refractivity contribution < 1.29 is 9.84 Å². The van der Waals surface area contributed by atoms with Gasteiger partial charge in [-0.2, -0.15) is 0 Å². The minimum Gasteiger partial charge on any atom is -0.497 e. The number of rotatable bonds is 4. The molecular formula is C14H22N2O2. The summed E-state index contributed by atoms with van der Waals surface area (Å²) in [6, 6.07) is 7.94. The summed E-state index contributed by atoms with van der Waals surface area (Å²) in [6.07, 6.45) is 1.57. The molecule has 1 fully saturated rings. The van der Waals surface area contributed by atoms with Crippen molar-refractivity contribution in [1.82, 2.24) is 4.90 Å². The van der Waals surface area contributed by atoms with E-state index >= 15 is 0 Å². The molecule has 0 saturated carbocycles. The van der Waals surface area contributed by atoms with Gasteiger partial charge in [0.15, 0.2) is 0 Å². The van der Waals surface area contributed by atoms with Crippen LogP contribution in [-0.4, -0.2) is 42.8 Å². The highest BCUT2D eigenvalue weighted by Gasteiger charge is 2.19. The summed E-state index contributed by atoms with van der Waals surface area (Å²) in [4.78, 5) is 2.27. The van der Waals surface area contributed by atoms with Crippen molar-refractivity contribution in [2.75, 3.05) is 26.7 Å². The number of aliphatic hydroxyl groups excluding tert-OH is 1. The number of nitrogens with zero attached hydrogens (tertiary/aromatic N) is 1. The summed E-state index contributed by atoms with van der Waals surface area (Å²) < 4.78 is 5.17. The van der Waals surface area contributed by atoms with Crippen LogP contribution in [0.2, 0.25) is 0 Å². The van der Waals surface area contributed by atoms with E-state index < -0.39 is 6.10 Å². The molecule has 1 aromatic rings. The number of methoxy groups -OCH3 is 1. The molecule has 4 nitrogen and oxygen atoms in total. The summed E-state index contributed by atoms with van der Waals surface area (Å²) in [5.41, 5.74) is 6.78.